The SMILES string of the molecule is Cc1ccc(CCC(=O)NCc2ccc(-c3ccoc3)nc2)cc1F. The maximum absolute atomic E-state index is 13.5. The minimum Gasteiger partial charge on any atom is -0.472 e. The van der Waals surface area contributed by atoms with E-state index in [0.29, 0.717) is 24.9 Å². The van der Waals surface area contributed by atoms with Crippen LogP contribution in [0.1, 0.15) is 23.1 Å². The van der Waals surface area contributed by atoms with Gasteiger partial charge in [-0.2, -0.15) is 0 Å². The van der Waals surface area contributed by atoms with Crippen molar-refractivity contribution in [1.29, 1.82) is 0 Å². The first kappa shape index (κ1) is 16.9. The maximum Gasteiger partial charge on any atom is 0.220 e. The van der Waals surface area contributed by atoms with Crippen LogP contribution in [-0.2, 0) is 17.8 Å². The second-order valence-corrected chi connectivity index (χ2v) is 5.92. The van der Waals surface area contributed by atoms with Gasteiger partial charge in [-0.3, -0.25) is 9.78 Å². The molecule has 4 nitrogen and oxygen atoms in total. The fourth-order valence-corrected chi connectivity index (χ4v) is 2.45. The summed E-state index contributed by atoms with van der Waals surface area (Å²) in [5.41, 5.74) is 4.09. The highest BCUT2D eigenvalue weighted by atomic mass is 19.1. The molecule has 0 bridgehead atoms. The Morgan fingerprint density at radius 3 is 2.72 bits per heavy atom. The average molecular weight is 338 g/mol. The zero-order valence-electron chi connectivity index (χ0n) is 14.0. The predicted molar refractivity (Wildman–Crippen MR) is 93.2 cm³/mol. The van der Waals surface area contributed by atoms with Crippen molar-refractivity contribution in [1.82, 2.24) is 10.3 Å². The number of rotatable bonds is 6. The summed E-state index contributed by atoms with van der Waals surface area (Å²) < 4.78 is 18.5. The fraction of sp³-hybridized carbons (Fsp3) is 0.200. The summed E-state index contributed by atoms with van der Waals surface area (Å²) in [6.07, 6.45) is 5.81. The minimum absolute atomic E-state index is 0.0695. The number of nitrogens with zero attached hydrogens (tertiary/aromatic N) is 1. The van der Waals surface area contributed by atoms with Crippen molar-refractivity contribution < 1.29 is 13.6 Å². The molecule has 0 saturated heterocycles. The summed E-state index contributed by atoms with van der Waals surface area (Å²) in [5.74, 6) is -0.304. The van der Waals surface area contributed by atoms with Crippen LogP contribution >= 0.6 is 0 Å². The first-order valence-electron chi connectivity index (χ1n) is 8.11. The van der Waals surface area contributed by atoms with E-state index in [2.05, 4.69) is 10.3 Å². The van der Waals surface area contributed by atoms with Crippen LogP contribution in [-0.4, -0.2) is 10.9 Å². The number of aromatic nitrogens is 1. The molecule has 2 heterocycles. The van der Waals surface area contributed by atoms with Crippen LogP contribution < -0.4 is 5.32 Å². The Bertz CT molecular complexity index is 843. The summed E-state index contributed by atoms with van der Waals surface area (Å²) in [6, 6.07) is 10.7. The van der Waals surface area contributed by atoms with Gasteiger partial charge in [-0.1, -0.05) is 18.2 Å². The van der Waals surface area contributed by atoms with Crippen LogP contribution in [0.25, 0.3) is 11.3 Å². The Morgan fingerprint density at radius 1 is 1.20 bits per heavy atom. The third kappa shape index (κ3) is 4.53. The van der Waals surface area contributed by atoms with Gasteiger partial charge in [0, 0.05) is 24.7 Å². The van der Waals surface area contributed by atoms with Gasteiger partial charge in [0.15, 0.2) is 0 Å². The van der Waals surface area contributed by atoms with E-state index < -0.39 is 0 Å². The second kappa shape index (κ2) is 7.75. The summed E-state index contributed by atoms with van der Waals surface area (Å²) in [4.78, 5) is 16.3. The van der Waals surface area contributed by atoms with E-state index in [-0.39, 0.29) is 11.7 Å². The number of aryl methyl sites for hydroxylation is 2. The van der Waals surface area contributed by atoms with Gasteiger partial charge in [-0.05, 0) is 48.2 Å². The Hall–Kier alpha value is -2.95. The number of hydrogen-bond acceptors (Lipinski definition) is 3. The normalized spacial score (nSPS) is 10.6. The van der Waals surface area contributed by atoms with Gasteiger partial charge >= 0.3 is 0 Å². The molecule has 0 aliphatic carbocycles. The number of carbonyl (C=O) groups excluding carboxylic acids is 1. The van der Waals surface area contributed by atoms with E-state index in [1.54, 1.807) is 31.7 Å². The third-order valence-corrected chi connectivity index (χ3v) is 4.01. The lowest BCUT2D eigenvalue weighted by molar-refractivity contribution is -0.121. The molecule has 0 unspecified atom stereocenters. The van der Waals surface area contributed by atoms with Crippen LogP contribution in [0, 0.1) is 12.7 Å². The van der Waals surface area contributed by atoms with Crippen LogP contribution in [0.2, 0.25) is 0 Å². The van der Waals surface area contributed by atoms with Crippen molar-refractivity contribution in [2.45, 2.75) is 26.3 Å². The van der Waals surface area contributed by atoms with Gasteiger partial charge in [-0.25, -0.2) is 4.39 Å². The van der Waals surface area contributed by atoms with Gasteiger partial charge in [0.05, 0.1) is 18.2 Å². The molecule has 1 amide bonds. The smallest absolute Gasteiger partial charge is 0.220 e. The predicted octanol–water partition coefficient (Wildman–Crippen LogP) is 4.04. The number of nitrogens with one attached hydrogen (secondary N) is 1. The Labute approximate surface area is 145 Å². The zero-order valence-corrected chi connectivity index (χ0v) is 14.0. The lowest BCUT2D eigenvalue weighted by Gasteiger charge is -2.07. The Balaban J connectivity index is 1.48. The van der Waals surface area contributed by atoms with Gasteiger partial charge in [0.2, 0.25) is 5.91 Å². The van der Waals surface area contributed by atoms with Crippen LogP contribution in [0.3, 0.4) is 0 Å². The molecule has 25 heavy (non-hydrogen) atoms. The molecule has 2 aromatic heterocycles. The number of hydrogen-bond donors (Lipinski definition) is 1. The maximum atomic E-state index is 13.5. The summed E-state index contributed by atoms with van der Waals surface area (Å²) in [5, 5.41) is 2.86. The van der Waals surface area contributed by atoms with Gasteiger partial charge in [0.1, 0.15) is 5.82 Å². The Morgan fingerprint density at radius 2 is 2.04 bits per heavy atom. The highest BCUT2D eigenvalue weighted by molar-refractivity contribution is 5.76. The number of halogens is 1. The van der Waals surface area contributed by atoms with E-state index in [0.717, 1.165) is 22.4 Å². The quantitative estimate of drug-likeness (QED) is 0.738. The van der Waals surface area contributed by atoms with Crippen molar-refractivity contribution in [3.8, 4) is 11.3 Å². The molecule has 0 fully saturated rings. The molecule has 0 aliphatic heterocycles. The van der Waals surface area contributed by atoms with Gasteiger partial charge in [0.25, 0.3) is 0 Å². The fourth-order valence-electron chi connectivity index (χ4n) is 2.45. The van der Waals surface area contributed by atoms with Gasteiger partial charge in [-0.15, -0.1) is 0 Å². The van der Waals surface area contributed by atoms with Crippen molar-refractivity contribution in [2.75, 3.05) is 0 Å². The number of carbonyl (C=O) groups is 1. The van der Waals surface area contributed by atoms with E-state index >= 15 is 0 Å². The molecule has 0 atom stereocenters. The van der Waals surface area contributed by atoms with E-state index in [1.807, 2.05) is 24.3 Å². The molecule has 3 rings (SSSR count). The lowest BCUT2D eigenvalue weighted by atomic mass is 10.1. The largest absolute Gasteiger partial charge is 0.472 e. The Kier molecular flexibility index (Phi) is 5.23. The molecule has 0 aliphatic rings. The zero-order chi connectivity index (χ0) is 17.6. The molecule has 128 valence electrons. The number of benzene rings is 1. The minimum atomic E-state index is -0.235. The van der Waals surface area contributed by atoms with Gasteiger partial charge < -0.3 is 9.73 Å². The highest BCUT2D eigenvalue weighted by Gasteiger charge is 2.06. The summed E-state index contributed by atoms with van der Waals surface area (Å²) >= 11 is 0. The van der Waals surface area contributed by atoms with E-state index in [9.17, 15) is 9.18 Å². The molecular weight excluding hydrogens is 319 g/mol. The topological polar surface area (TPSA) is 55.1 Å². The molecule has 0 radical (unpaired) electrons. The number of pyridine rings is 1. The summed E-state index contributed by atoms with van der Waals surface area (Å²) in [6.45, 7) is 2.14. The first-order chi connectivity index (χ1) is 12.1. The van der Waals surface area contributed by atoms with Crippen LogP contribution in [0.5, 0.6) is 0 Å². The summed E-state index contributed by atoms with van der Waals surface area (Å²) in [7, 11) is 0. The van der Waals surface area contributed by atoms with Crippen molar-refractivity contribution in [3.05, 3.63) is 77.6 Å². The van der Waals surface area contributed by atoms with Crippen LogP contribution in [0.4, 0.5) is 4.39 Å². The van der Waals surface area contributed by atoms with E-state index in [1.165, 1.54) is 6.07 Å². The molecule has 0 spiro atoms. The molecule has 1 aromatic carbocycles. The second-order valence-electron chi connectivity index (χ2n) is 5.92. The lowest BCUT2D eigenvalue weighted by Crippen LogP contribution is -2.23. The van der Waals surface area contributed by atoms with Crippen molar-refractivity contribution in [3.63, 3.8) is 0 Å². The molecular formula is C20H19FN2O2. The highest BCUT2D eigenvalue weighted by Crippen LogP contribution is 2.17. The molecule has 3 aromatic rings. The van der Waals surface area contributed by atoms with Crippen molar-refractivity contribution in [2.24, 2.45) is 0 Å². The monoisotopic (exact) mass is 338 g/mol. The van der Waals surface area contributed by atoms with Crippen LogP contribution in [0.15, 0.2) is 59.5 Å². The molecule has 1 N–H and O–H groups in total. The first-order valence-corrected chi connectivity index (χ1v) is 8.11. The van der Waals surface area contributed by atoms with E-state index in [4.69, 9.17) is 4.42 Å². The van der Waals surface area contributed by atoms with Crippen molar-refractivity contribution >= 4 is 5.91 Å². The third-order valence-electron chi connectivity index (χ3n) is 4.01. The molecule has 0 saturated carbocycles. The number of furan rings is 1. The average Bonchev–Trinajstić information content (AvgIpc) is 3.16. The standard InChI is InChI=1S/C20H19FN2O2/c1-14-2-3-15(10-18(14)21)5-7-20(24)23-12-16-4-6-19(22-11-16)17-8-9-25-13-17/h2-4,6,8-11,13H,5,7,12H2,1H3,(H,23,24). The molecule has 5 heteroatoms. The number of amides is 1.